The quantitative estimate of drug-likeness (QED) is 0.624. The molecule has 0 atom stereocenters. The summed E-state index contributed by atoms with van der Waals surface area (Å²) in [5.41, 5.74) is 0. The molecule has 19 heavy (non-hydrogen) atoms. The second-order valence-corrected chi connectivity index (χ2v) is 3.58. The molecule has 0 aliphatic rings. The first kappa shape index (κ1) is 18.3. The van der Waals surface area contributed by atoms with E-state index in [1.165, 1.54) is 0 Å². The van der Waals surface area contributed by atoms with Gasteiger partial charge in [0.15, 0.2) is 13.3 Å². The van der Waals surface area contributed by atoms with Crippen LogP contribution in [0, 0.1) is 0 Å². The molecule has 0 aromatic carbocycles. The zero-order chi connectivity index (χ0) is 15.5. The van der Waals surface area contributed by atoms with Crippen LogP contribution < -0.4 is 0 Å². The Morgan fingerprint density at radius 1 is 0.526 bits per heavy atom. The van der Waals surface area contributed by atoms with Crippen LogP contribution >= 0.6 is 0 Å². The summed E-state index contributed by atoms with van der Waals surface area (Å²) in [6.07, 6.45) is 0. The van der Waals surface area contributed by atoms with Gasteiger partial charge in [-0.05, 0) is 0 Å². The number of ether oxygens (including phenoxy) is 1. The molecule has 0 aromatic rings. The van der Waals surface area contributed by atoms with Gasteiger partial charge in [0.1, 0.15) is 13.2 Å². The first-order chi connectivity index (χ1) is 8.33. The number of alkyl halides is 10. The van der Waals surface area contributed by atoms with E-state index in [1.54, 1.807) is 0 Å². The van der Waals surface area contributed by atoms with Gasteiger partial charge in [-0.15, -0.1) is 0 Å². The van der Waals surface area contributed by atoms with Crippen molar-refractivity contribution in [2.75, 3.05) is 26.6 Å². The van der Waals surface area contributed by atoms with Crippen LogP contribution in [0.5, 0.6) is 0 Å². The van der Waals surface area contributed by atoms with Gasteiger partial charge >= 0.3 is 23.7 Å². The lowest BCUT2D eigenvalue weighted by atomic mass is 10.2. The Balaban J connectivity index is 4.54. The van der Waals surface area contributed by atoms with Crippen LogP contribution in [0.2, 0.25) is 0 Å². The average molecular weight is 310 g/mol. The fourth-order valence-electron chi connectivity index (χ4n) is 0.714. The third-order valence-corrected chi connectivity index (χ3v) is 1.97. The fraction of sp³-hybridized carbons (Fsp3) is 1.00. The summed E-state index contributed by atoms with van der Waals surface area (Å²) < 4.78 is 126. The van der Waals surface area contributed by atoms with Gasteiger partial charge in [-0.3, -0.25) is 0 Å². The molecule has 0 unspecified atom stereocenters. The molecule has 0 bridgehead atoms. The minimum atomic E-state index is -5.19. The predicted octanol–water partition coefficient (Wildman–Crippen LogP) is 3.48. The van der Waals surface area contributed by atoms with Gasteiger partial charge in [-0.2, -0.15) is 35.1 Å². The molecule has 11 heteroatoms. The molecule has 0 aliphatic carbocycles. The Morgan fingerprint density at radius 2 is 0.789 bits per heavy atom. The van der Waals surface area contributed by atoms with E-state index in [1.807, 2.05) is 0 Å². The Bertz CT molecular complexity index is 261. The van der Waals surface area contributed by atoms with Crippen LogP contribution in [0.15, 0.2) is 0 Å². The summed E-state index contributed by atoms with van der Waals surface area (Å²) in [5.74, 6) is -20.7. The van der Waals surface area contributed by atoms with Crippen molar-refractivity contribution in [1.82, 2.24) is 0 Å². The Kier molecular flexibility index (Phi) is 5.49. The van der Waals surface area contributed by atoms with Crippen molar-refractivity contribution in [3.63, 3.8) is 0 Å². The maximum absolute atomic E-state index is 12.5. The Morgan fingerprint density at radius 3 is 1.00 bits per heavy atom. The van der Waals surface area contributed by atoms with E-state index in [0.29, 0.717) is 0 Å². The maximum atomic E-state index is 12.5. The van der Waals surface area contributed by atoms with Crippen molar-refractivity contribution in [3.8, 4) is 0 Å². The summed E-state index contributed by atoms with van der Waals surface area (Å²) >= 11 is 0. The van der Waals surface area contributed by atoms with Crippen molar-refractivity contribution in [3.05, 3.63) is 0 Å². The lowest BCUT2D eigenvalue weighted by Gasteiger charge is -2.27. The molecule has 0 aromatic heterocycles. The molecular weight excluding hydrogens is 302 g/mol. The SMILES string of the molecule is FCC(F)(F)C(F)(F)COCC(F)(F)C(F)(F)CF. The second kappa shape index (κ2) is 5.71. The molecule has 0 N–H and O–H groups in total. The van der Waals surface area contributed by atoms with Crippen LogP contribution in [0.25, 0.3) is 0 Å². The third kappa shape index (κ3) is 4.11. The smallest absolute Gasteiger partial charge is 0.340 e. The van der Waals surface area contributed by atoms with Crippen molar-refractivity contribution >= 4 is 0 Å². The summed E-state index contributed by atoms with van der Waals surface area (Å²) in [4.78, 5) is 0. The summed E-state index contributed by atoms with van der Waals surface area (Å²) in [6.45, 7) is -10.4. The van der Waals surface area contributed by atoms with Gasteiger partial charge in [0.25, 0.3) is 0 Å². The highest BCUT2D eigenvalue weighted by molar-refractivity contribution is 4.87. The van der Waals surface area contributed by atoms with Crippen molar-refractivity contribution in [1.29, 1.82) is 0 Å². The van der Waals surface area contributed by atoms with Gasteiger partial charge in [-0.1, -0.05) is 0 Å². The monoisotopic (exact) mass is 310 g/mol. The molecule has 116 valence electrons. The van der Waals surface area contributed by atoms with Gasteiger partial charge in [-0.25, -0.2) is 8.78 Å². The minimum Gasteiger partial charge on any atom is -0.368 e. The van der Waals surface area contributed by atoms with E-state index in [9.17, 15) is 43.9 Å². The Hall–Kier alpha value is -0.740. The Labute approximate surface area is 100 Å². The lowest BCUT2D eigenvalue weighted by molar-refractivity contribution is -0.268. The van der Waals surface area contributed by atoms with Gasteiger partial charge in [0, 0.05) is 0 Å². The zero-order valence-electron chi connectivity index (χ0n) is 9.02. The molecule has 0 spiro atoms. The second-order valence-electron chi connectivity index (χ2n) is 3.58. The van der Waals surface area contributed by atoms with Crippen LogP contribution in [0.1, 0.15) is 0 Å². The van der Waals surface area contributed by atoms with Crippen LogP contribution in [-0.2, 0) is 4.74 Å². The lowest BCUT2D eigenvalue weighted by Crippen LogP contribution is -2.49. The highest BCUT2D eigenvalue weighted by Gasteiger charge is 2.59. The molecule has 0 saturated carbocycles. The summed E-state index contributed by atoms with van der Waals surface area (Å²) in [5, 5.41) is 0. The number of hydrogen-bond acceptors (Lipinski definition) is 1. The molecule has 0 saturated heterocycles. The summed E-state index contributed by atoms with van der Waals surface area (Å²) in [6, 6.07) is 0. The average Bonchev–Trinajstić information content (AvgIpc) is 2.27. The highest BCUT2D eigenvalue weighted by Crippen LogP contribution is 2.37. The minimum absolute atomic E-state index is 2.41. The molecule has 0 radical (unpaired) electrons. The van der Waals surface area contributed by atoms with Gasteiger partial charge in [0.2, 0.25) is 0 Å². The first-order valence-corrected chi connectivity index (χ1v) is 4.54. The third-order valence-electron chi connectivity index (χ3n) is 1.97. The van der Waals surface area contributed by atoms with E-state index < -0.39 is 50.3 Å². The number of hydrogen-bond donors (Lipinski definition) is 0. The molecule has 0 amide bonds. The largest absolute Gasteiger partial charge is 0.368 e. The number of rotatable bonds is 8. The van der Waals surface area contributed by atoms with Crippen molar-refractivity contribution in [2.24, 2.45) is 0 Å². The maximum Gasteiger partial charge on any atom is 0.340 e. The van der Waals surface area contributed by atoms with Gasteiger partial charge in [0.05, 0.1) is 0 Å². The standard InChI is InChI=1S/C8H8F10O/c9-1-5(11,12)7(15,16)3-19-4-8(17,18)6(13,14)2-10/h1-4H2. The molecule has 0 rings (SSSR count). The molecule has 0 heterocycles. The highest BCUT2D eigenvalue weighted by atomic mass is 19.3. The van der Waals surface area contributed by atoms with E-state index in [-0.39, 0.29) is 0 Å². The van der Waals surface area contributed by atoms with Crippen molar-refractivity contribution < 1.29 is 48.6 Å². The fourth-order valence-corrected chi connectivity index (χ4v) is 0.714. The van der Waals surface area contributed by atoms with Crippen molar-refractivity contribution in [2.45, 2.75) is 23.7 Å². The molecule has 0 fully saturated rings. The van der Waals surface area contributed by atoms with Crippen LogP contribution in [0.3, 0.4) is 0 Å². The molecule has 0 aliphatic heterocycles. The zero-order valence-corrected chi connectivity index (χ0v) is 9.02. The normalized spacial score (nSPS) is 14.8. The van der Waals surface area contributed by atoms with E-state index >= 15 is 0 Å². The molecule has 1 nitrogen and oxygen atoms in total. The van der Waals surface area contributed by atoms with E-state index in [4.69, 9.17) is 0 Å². The first-order valence-electron chi connectivity index (χ1n) is 4.54. The molecular formula is C8H8F10O. The predicted molar refractivity (Wildman–Crippen MR) is 42.6 cm³/mol. The van der Waals surface area contributed by atoms with E-state index in [2.05, 4.69) is 4.74 Å². The summed E-state index contributed by atoms with van der Waals surface area (Å²) in [7, 11) is 0. The topological polar surface area (TPSA) is 9.23 Å². The number of halogens is 10. The van der Waals surface area contributed by atoms with Crippen LogP contribution in [0.4, 0.5) is 43.9 Å². The van der Waals surface area contributed by atoms with Gasteiger partial charge < -0.3 is 4.74 Å². The van der Waals surface area contributed by atoms with Crippen LogP contribution in [-0.4, -0.2) is 50.3 Å². The van der Waals surface area contributed by atoms with E-state index in [0.717, 1.165) is 0 Å².